The molecule has 21 heavy (non-hydrogen) atoms. The first-order chi connectivity index (χ1) is 9.89. The zero-order chi connectivity index (χ0) is 15.5. The average molecular weight is 300 g/mol. The first-order valence-electron chi connectivity index (χ1n) is 7.12. The van der Waals surface area contributed by atoms with Crippen molar-refractivity contribution >= 4 is 11.6 Å². The van der Waals surface area contributed by atoms with Gasteiger partial charge in [0.05, 0.1) is 6.42 Å². The summed E-state index contributed by atoms with van der Waals surface area (Å²) in [6, 6.07) is 4.39. The monoisotopic (exact) mass is 300 g/mol. The maximum atomic E-state index is 12.7. The van der Waals surface area contributed by atoms with E-state index in [4.69, 9.17) is 0 Å². The molecule has 6 heteroatoms. The number of fused-ring (bicyclic) bond motifs is 1. The summed E-state index contributed by atoms with van der Waals surface area (Å²) in [5.41, 5.74) is 2.23. The summed E-state index contributed by atoms with van der Waals surface area (Å²) < 4.78 is 38.0. The number of rotatable bonds is 4. The third-order valence-electron chi connectivity index (χ3n) is 3.54. The van der Waals surface area contributed by atoms with Gasteiger partial charge in [-0.15, -0.1) is 0 Å². The van der Waals surface area contributed by atoms with Crippen LogP contribution < -0.4 is 10.6 Å². The Morgan fingerprint density at radius 2 is 2.10 bits per heavy atom. The third-order valence-corrected chi connectivity index (χ3v) is 3.54. The van der Waals surface area contributed by atoms with Crippen LogP contribution in [0.3, 0.4) is 0 Å². The first-order valence-corrected chi connectivity index (χ1v) is 7.12. The van der Waals surface area contributed by atoms with Crippen molar-refractivity contribution in [2.24, 2.45) is 0 Å². The lowest BCUT2D eigenvalue weighted by molar-refractivity contribution is -0.140. The van der Waals surface area contributed by atoms with Crippen LogP contribution in [0.25, 0.3) is 0 Å². The Bertz CT molecular complexity index is 514. The van der Waals surface area contributed by atoms with E-state index >= 15 is 0 Å². The second-order valence-corrected chi connectivity index (χ2v) is 5.25. The molecule has 0 saturated heterocycles. The molecule has 0 aliphatic carbocycles. The normalized spacial score (nSPS) is 16.9. The van der Waals surface area contributed by atoms with E-state index in [2.05, 4.69) is 10.6 Å². The molecule has 1 heterocycles. The van der Waals surface area contributed by atoms with Gasteiger partial charge in [0.15, 0.2) is 0 Å². The summed E-state index contributed by atoms with van der Waals surface area (Å²) in [5, 5.41) is 5.67. The number of carbonyl (C=O) groups excluding carboxylic acids is 1. The summed E-state index contributed by atoms with van der Waals surface area (Å²) in [6.07, 6.45) is -3.25. The van der Waals surface area contributed by atoms with E-state index in [0.29, 0.717) is 37.1 Å². The van der Waals surface area contributed by atoms with E-state index < -0.39 is 18.6 Å². The Morgan fingerprint density at radius 3 is 2.76 bits per heavy atom. The van der Waals surface area contributed by atoms with Crippen LogP contribution in [0, 0.1) is 0 Å². The molecule has 1 aromatic carbocycles. The third kappa shape index (κ3) is 4.46. The van der Waals surface area contributed by atoms with Crippen molar-refractivity contribution in [2.45, 2.75) is 44.8 Å². The lowest BCUT2D eigenvalue weighted by Gasteiger charge is -2.21. The molecule has 116 valence electrons. The number of nitrogens with one attached hydrogen (secondary N) is 2. The highest BCUT2D eigenvalue weighted by atomic mass is 19.4. The topological polar surface area (TPSA) is 41.1 Å². The molecule has 1 aliphatic heterocycles. The maximum absolute atomic E-state index is 12.7. The van der Waals surface area contributed by atoms with Gasteiger partial charge in [-0.2, -0.15) is 13.2 Å². The number of alkyl halides is 3. The highest BCUT2D eigenvalue weighted by Crippen LogP contribution is 2.32. The Balaban J connectivity index is 2.25. The number of carbonyl (C=O) groups is 1. The molecule has 1 atom stereocenters. The molecule has 0 spiro atoms. The number of hydrogen-bond donors (Lipinski definition) is 2. The summed E-state index contributed by atoms with van der Waals surface area (Å²) >= 11 is 0. The highest BCUT2D eigenvalue weighted by molar-refractivity contribution is 5.92. The van der Waals surface area contributed by atoms with Crippen molar-refractivity contribution in [3.8, 4) is 0 Å². The van der Waals surface area contributed by atoms with Crippen molar-refractivity contribution < 1.29 is 18.0 Å². The van der Waals surface area contributed by atoms with Crippen LogP contribution in [0.1, 0.15) is 43.4 Å². The van der Waals surface area contributed by atoms with Crippen molar-refractivity contribution in [3.63, 3.8) is 0 Å². The van der Waals surface area contributed by atoms with Gasteiger partial charge < -0.3 is 10.6 Å². The van der Waals surface area contributed by atoms with Gasteiger partial charge in [0, 0.05) is 18.2 Å². The van der Waals surface area contributed by atoms with Gasteiger partial charge in [-0.05, 0) is 36.6 Å². The molecule has 0 saturated carbocycles. The molecule has 0 radical (unpaired) electrons. The van der Waals surface area contributed by atoms with E-state index in [1.165, 1.54) is 0 Å². The van der Waals surface area contributed by atoms with E-state index in [0.717, 1.165) is 5.56 Å². The molecule has 0 fully saturated rings. The Morgan fingerprint density at radius 1 is 1.33 bits per heavy atom. The quantitative estimate of drug-likeness (QED) is 0.892. The number of aryl methyl sites for hydroxylation is 1. The number of benzene rings is 1. The van der Waals surface area contributed by atoms with Crippen molar-refractivity contribution in [3.05, 3.63) is 29.3 Å². The van der Waals surface area contributed by atoms with E-state index in [1.807, 2.05) is 0 Å². The minimum atomic E-state index is -4.21. The number of hydrogen-bond acceptors (Lipinski definition) is 2. The number of halogens is 3. The molecule has 3 nitrogen and oxygen atoms in total. The maximum Gasteiger partial charge on any atom is 0.390 e. The fourth-order valence-corrected chi connectivity index (χ4v) is 2.60. The molecule has 1 amide bonds. The largest absolute Gasteiger partial charge is 0.390 e. The molecule has 0 bridgehead atoms. The van der Waals surface area contributed by atoms with Crippen LogP contribution in [0.2, 0.25) is 0 Å². The minimum absolute atomic E-state index is 0.0416. The van der Waals surface area contributed by atoms with Gasteiger partial charge in [0.2, 0.25) is 5.91 Å². The van der Waals surface area contributed by atoms with Crippen LogP contribution in [0.15, 0.2) is 18.2 Å². The zero-order valence-corrected chi connectivity index (χ0v) is 11.9. The Kier molecular flexibility index (Phi) is 4.88. The van der Waals surface area contributed by atoms with E-state index in [-0.39, 0.29) is 5.91 Å². The molecule has 1 unspecified atom stereocenters. The summed E-state index contributed by atoms with van der Waals surface area (Å²) in [4.78, 5) is 11.5. The summed E-state index contributed by atoms with van der Waals surface area (Å²) in [5.74, 6) is -0.0416. The van der Waals surface area contributed by atoms with Gasteiger partial charge in [0.1, 0.15) is 0 Å². The van der Waals surface area contributed by atoms with E-state index in [1.54, 1.807) is 25.1 Å². The molecule has 2 rings (SSSR count). The second-order valence-electron chi connectivity index (χ2n) is 5.25. The van der Waals surface area contributed by atoms with Crippen LogP contribution in [0.5, 0.6) is 0 Å². The predicted molar refractivity (Wildman–Crippen MR) is 75.1 cm³/mol. The molecule has 1 aliphatic rings. The lowest BCUT2D eigenvalue weighted by atomic mass is 9.98. The van der Waals surface area contributed by atoms with Crippen LogP contribution >= 0.6 is 0 Å². The van der Waals surface area contributed by atoms with Crippen molar-refractivity contribution in [1.82, 2.24) is 5.32 Å². The van der Waals surface area contributed by atoms with Crippen molar-refractivity contribution in [2.75, 3.05) is 11.9 Å². The Labute approximate surface area is 121 Å². The fraction of sp³-hybridized carbons (Fsp3) is 0.533. The van der Waals surface area contributed by atoms with Gasteiger partial charge in [0.25, 0.3) is 0 Å². The molecule has 2 N–H and O–H groups in total. The standard InChI is InChI=1S/C15H19F3N2O/c1-2-19-13(9-15(16,17)18)11-6-7-12-10(8-11)4-3-5-14(21)20-12/h6-8,13,19H,2-5,9H2,1H3,(H,20,21). The smallest absolute Gasteiger partial charge is 0.326 e. The minimum Gasteiger partial charge on any atom is -0.326 e. The molecular formula is C15H19F3N2O. The average Bonchev–Trinajstić information content (AvgIpc) is 2.56. The molecular weight excluding hydrogens is 281 g/mol. The second kappa shape index (κ2) is 6.47. The van der Waals surface area contributed by atoms with Crippen LogP contribution in [-0.2, 0) is 11.2 Å². The Hall–Kier alpha value is -1.56. The van der Waals surface area contributed by atoms with Crippen LogP contribution in [-0.4, -0.2) is 18.6 Å². The fourth-order valence-electron chi connectivity index (χ4n) is 2.60. The SMILES string of the molecule is CCNC(CC(F)(F)F)c1ccc2c(c1)CCCC(=O)N2. The molecule has 0 aromatic heterocycles. The van der Waals surface area contributed by atoms with Gasteiger partial charge in [-0.1, -0.05) is 19.1 Å². The van der Waals surface area contributed by atoms with Gasteiger partial charge in [-0.25, -0.2) is 0 Å². The highest BCUT2D eigenvalue weighted by Gasteiger charge is 2.32. The number of amides is 1. The number of anilines is 1. The van der Waals surface area contributed by atoms with Crippen LogP contribution in [0.4, 0.5) is 18.9 Å². The summed E-state index contributed by atoms with van der Waals surface area (Å²) in [7, 11) is 0. The van der Waals surface area contributed by atoms with Crippen molar-refractivity contribution in [1.29, 1.82) is 0 Å². The van der Waals surface area contributed by atoms with Gasteiger partial charge in [-0.3, -0.25) is 4.79 Å². The predicted octanol–water partition coefficient (Wildman–Crippen LogP) is 3.56. The molecule has 1 aromatic rings. The van der Waals surface area contributed by atoms with E-state index in [9.17, 15) is 18.0 Å². The first kappa shape index (κ1) is 15.8. The van der Waals surface area contributed by atoms with Gasteiger partial charge >= 0.3 is 6.18 Å². The lowest BCUT2D eigenvalue weighted by Crippen LogP contribution is -2.26. The zero-order valence-electron chi connectivity index (χ0n) is 11.9. The summed E-state index contributed by atoms with van der Waals surface area (Å²) in [6.45, 7) is 2.25.